The van der Waals surface area contributed by atoms with E-state index in [1.165, 1.54) is 72.8 Å². The second kappa shape index (κ2) is 11.9. The van der Waals surface area contributed by atoms with Gasteiger partial charge < -0.3 is 0 Å². The van der Waals surface area contributed by atoms with Crippen molar-refractivity contribution >= 4 is 14.4 Å². The fourth-order valence-electron chi connectivity index (χ4n) is 8.65. The first-order chi connectivity index (χ1) is 22.3. The van der Waals surface area contributed by atoms with Crippen LogP contribution in [0.25, 0.3) is 16.7 Å². The number of rotatable bonds is 7. The highest BCUT2D eigenvalue weighted by Gasteiger charge is 2.50. The van der Waals surface area contributed by atoms with E-state index in [0.29, 0.717) is 0 Å². The number of aryl methyl sites for hydroxylation is 3. The summed E-state index contributed by atoms with van der Waals surface area (Å²) in [7, 11) is -0.640. The molecule has 0 bridgehead atoms. The minimum atomic E-state index is -0.640. The topological polar surface area (TPSA) is 0 Å². The molecule has 7 rings (SSSR count). The van der Waals surface area contributed by atoms with Crippen LogP contribution < -0.4 is 0 Å². The summed E-state index contributed by atoms with van der Waals surface area (Å²) >= 11 is 0. The third-order valence-corrected chi connectivity index (χ3v) is 14.7. The van der Waals surface area contributed by atoms with Gasteiger partial charge in [-0.05, 0) is 126 Å². The van der Waals surface area contributed by atoms with Crippen molar-refractivity contribution in [2.45, 2.75) is 70.5 Å². The summed E-state index contributed by atoms with van der Waals surface area (Å²) in [5.41, 5.74) is 17.9. The van der Waals surface area contributed by atoms with Crippen molar-refractivity contribution in [3.05, 3.63) is 183 Å². The Labute approximate surface area is 278 Å². The third kappa shape index (κ3) is 4.55. The van der Waals surface area contributed by atoms with Gasteiger partial charge in [0.05, 0.1) is 18.0 Å². The fourth-order valence-corrected chi connectivity index (χ4v) is 10.9. The Balaban J connectivity index is 1.42. The molecule has 0 spiro atoms. The van der Waals surface area contributed by atoms with Crippen LogP contribution in [0.4, 0.5) is 0 Å². The van der Waals surface area contributed by atoms with Crippen LogP contribution in [-0.4, -0.2) is 8.80 Å². The van der Waals surface area contributed by atoms with Gasteiger partial charge in [0.15, 0.2) is 0 Å². The van der Waals surface area contributed by atoms with E-state index in [9.17, 15) is 0 Å². The molecule has 0 aromatic heterocycles. The lowest BCUT2D eigenvalue weighted by Gasteiger charge is -2.36. The van der Waals surface area contributed by atoms with Gasteiger partial charge in [0, 0.05) is 0 Å². The highest BCUT2D eigenvalue weighted by molar-refractivity contribution is 6.61. The zero-order chi connectivity index (χ0) is 32.1. The Bertz CT molecular complexity index is 1960. The largest absolute Gasteiger partial charge is 0.326 e. The predicted molar refractivity (Wildman–Crippen MR) is 199 cm³/mol. The normalized spacial score (nSPS) is 16.1. The monoisotopic (exact) mass is 613 g/mol. The molecule has 0 saturated carbocycles. The third-order valence-electron chi connectivity index (χ3n) is 11.4. The van der Waals surface area contributed by atoms with Crippen LogP contribution in [0.2, 0.25) is 12.6 Å². The van der Waals surface area contributed by atoms with Crippen LogP contribution in [0, 0.1) is 20.8 Å². The van der Waals surface area contributed by atoms with Crippen molar-refractivity contribution in [1.29, 1.82) is 0 Å². The molecule has 0 amide bonds. The minimum absolute atomic E-state index is 0.122. The summed E-state index contributed by atoms with van der Waals surface area (Å²) in [5, 5.41) is 0.122. The lowest BCUT2D eigenvalue weighted by molar-refractivity contribution is 0.705. The van der Waals surface area contributed by atoms with Gasteiger partial charge >= 0.3 is 8.80 Å². The van der Waals surface area contributed by atoms with Gasteiger partial charge in [-0.3, -0.25) is 0 Å². The van der Waals surface area contributed by atoms with E-state index in [-0.39, 0.29) is 10.5 Å². The van der Waals surface area contributed by atoms with Crippen molar-refractivity contribution in [2.24, 2.45) is 0 Å². The molecule has 5 aromatic rings. The molecule has 0 saturated heterocycles. The zero-order valence-corrected chi connectivity index (χ0v) is 29.2. The second-order valence-electron chi connectivity index (χ2n) is 13.6. The van der Waals surface area contributed by atoms with Crippen molar-refractivity contribution in [2.75, 3.05) is 0 Å². The molecule has 1 unspecified atom stereocenters. The molecule has 46 heavy (non-hydrogen) atoms. The number of benzene rings is 5. The Kier molecular flexibility index (Phi) is 7.85. The van der Waals surface area contributed by atoms with Gasteiger partial charge in [-0.25, -0.2) is 0 Å². The van der Waals surface area contributed by atoms with E-state index in [0.717, 1.165) is 12.8 Å². The molecular weight excluding hydrogens is 569 g/mol. The van der Waals surface area contributed by atoms with Gasteiger partial charge in [0.2, 0.25) is 0 Å². The van der Waals surface area contributed by atoms with E-state index < -0.39 is 8.80 Å². The standard InChI is InChI=1S/C45H45Si/c1-7-46(6)44(5,39-20-12-8-16-31(39)2)36-27-24-34(25-28-36)35-26-29-38-37-19-11-15-23-42(37)45(43(38)30-35,40-21-13-9-17-32(40)3)41-22-14-10-18-33(41)4/h8-24,26-27,29-30H,7,25,28H2,1-6H3/q+1. The van der Waals surface area contributed by atoms with Crippen LogP contribution in [0.5, 0.6) is 0 Å². The molecule has 2 aliphatic rings. The molecule has 5 aromatic carbocycles. The Morgan fingerprint density at radius 1 is 0.609 bits per heavy atom. The van der Waals surface area contributed by atoms with Crippen LogP contribution >= 0.6 is 0 Å². The molecule has 0 nitrogen and oxygen atoms in total. The van der Waals surface area contributed by atoms with Gasteiger partial charge in [0.1, 0.15) is 5.04 Å². The molecule has 2 aliphatic carbocycles. The zero-order valence-electron chi connectivity index (χ0n) is 28.2. The van der Waals surface area contributed by atoms with Crippen LogP contribution in [0.3, 0.4) is 0 Å². The van der Waals surface area contributed by atoms with Gasteiger partial charge in [-0.15, -0.1) is 0 Å². The Hall–Kier alpha value is -4.20. The van der Waals surface area contributed by atoms with E-state index >= 15 is 0 Å². The number of allylic oxidation sites excluding steroid dienone is 4. The summed E-state index contributed by atoms with van der Waals surface area (Å²) in [6.07, 6.45) is 7.12. The van der Waals surface area contributed by atoms with E-state index in [1.54, 1.807) is 5.57 Å². The molecule has 0 aliphatic heterocycles. The maximum atomic E-state index is 2.54. The number of hydrogen-bond donors (Lipinski definition) is 0. The second-order valence-corrected chi connectivity index (χ2v) is 16.9. The summed E-state index contributed by atoms with van der Waals surface area (Å²) in [5.74, 6) is 0. The smallest absolute Gasteiger partial charge is 0.0620 e. The highest BCUT2D eigenvalue weighted by Crippen LogP contribution is 2.58. The average Bonchev–Trinajstić information content (AvgIpc) is 3.38. The lowest BCUT2D eigenvalue weighted by Crippen LogP contribution is -2.41. The van der Waals surface area contributed by atoms with Crippen LogP contribution in [0.1, 0.15) is 76.8 Å². The SMILES string of the molecule is CC[Si+](C)C(C)(C1=CC=C(c2ccc3c(c2)C(c2ccccc2C)(c2ccccc2C)c2ccccc2-3)CC1)c1ccccc1C. The molecule has 1 heteroatoms. The van der Waals surface area contributed by atoms with Crippen molar-refractivity contribution in [3.8, 4) is 11.1 Å². The fraction of sp³-hybridized carbons (Fsp3) is 0.244. The summed E-state index contributed by atoms with van der Waals surface area (Å²) in [6, 6.07) is 44.8. The predicted octanol–water partition coefficient (Wildman–Crippen LogP) is 11.7. The average molecular weight is 614 g/mol. The maximum Gasteiger partial charge on any atom is 0.326 e. The van der Waals surface area contributed by atoms with Gasteiger partial charge in [-0.1, -0.05) is 121 Å². The Morgan fingerprint density at radius 3 is 1.76 bits per heavy atom. The summed E-state index contributed by atoms with van der Waals surface area (Å²) in [4.78, 5) is 0. The van der Waals surface area contributed by atoms with E-state index in [1.807, 2.05) is 0 Å². The van der Waals surface area contributed by atoms with Crippen LogP contribution in [0.15, 0.2) is 133 Å². The molecule has 0 heterocycles. The maximum absolute atomic E-state index is 2.54. The first-order valence-electron chi connectivity index (χ1n) is 17.0. The van der Waals surface area contributed by atoms with E-state index in [2.05, 4.69) is 169 Å². The lowest BCUT2D eigenvalue weighted by atomic mass is 9.65. The molecule has 0 N–H and O–H groups in total. The highest BCUT2D eigenvalue weighted by atomic mass is 28.3. The quantitative estimate of drug-likeness (QED) is 0.157. The molecule has 1 atom stereocenters. The molecular formula is C45H45Si+. The van der Waals surface area contributed by atoms with Gasteiger partial charge in [0.25, 0.3) is 0 Å². The molecule has 228 valence electrons. The van der Waals surface area contributed by atoms with Crippen molar-refractivity contribution in [1.82, 2.24) is 0 Å². The van der Waals surface area contributed by atoms with Crippen molar-refractivity contribution in [3.63, 3.8) is 0 Å². The molecule has 0 fully saturated rings. The Morgan fingerprint density at radius 2 is 1.17 bits per heavy atom. The number of hydrogen-bond acceptors (Lipinski definition) is 0. The summed E-state index contributed by atoms with van der Waals surface area (Å²) < 4.78 is 0. The van der Waals surface area contributed by atoms with E-state index in [4.69, 9.17) is 0 Å². The number of fused-ring (bicyclic) bond motifs is 3. The first-order valence-corrected chi connectivity index (χ1v) is 19.2. The molecule has 0 radical (unpaired) electrons. The van der Waals surface area contributed by atoms with Crippen molar-refractivity contribution < 1.29 is 0 Å². The minimum Gasteiger partial charge on any atom is -0.0620 e. The summed E-state index contributed by atoms with van der Waals surface area (Å²) in [6.45, 7) is 14.3. The first kappa shape index (κ1) is 30.5. The van der Waals surface area contributed by atoms with Gasteiger partial charge in [-0.2, -0.15) is 0 Å². The van der Waals surface area contributed by atoms with Crippen LogP contribution in [-0.2, 0) is 10.5 Å².